The van der Waals surface area contributed by atoms with E-state index in [1.54, 1.807) is 0 Å². The van der Waals surface area contributed by atoms with Gasteiger partial charge in [-0.05, 0) is 29.4 Å². The van der Waals surface area contributed by atoms with Crippen molar-refractivity contribution < 1.29 is 4.80 Å². The third-order valence-corrected chi connectivity index (χ3v) is 7.02. The Morgan fingerprint density at radius 2 is 1.53 bits per heavy atom. The van der Waals surface area contributed by atoms with E-state index in [2.05, 4.69) is 13.8 Å². The first-order valence-corrected chi connectivity index (χ1v) is 8.34. The molecule has 0 heterocycles. The summed E-state index contributed by atoms with van der Waals surface area (Å²) in [6.07, 6.45) is 2.09. The van der Waals surface area contributed by atoms with Gasteiger partial charge in [-0.1, -0.05) is 50.4 Å². The van der Waals surface area contributed by atoms with Crippen molar-refractivity contribution >= 4 is 25.1 Å². The van der Waals surface area contributed by atoms with E-state index in [1.807, 2.05) is 24.3 Å². The number of rotatable bonds is 5. The molecular formula is C12H19ClOSi. The molecule has 0 spiro atoms. The molecule has 1 aromatic rings. The lowest BCUT2D eigenvalue weighted by atomic mass is 10.4. The van der Waals surface area contributed by atoms with Crippen LogP contribution in [0.1, 0.15) is 26.7 Å². The molecule has 0 radical (unpaired) electrons. The second-order valence-electron chi connectivity index (χ2n) is 4.04. The van der Waals surface area contributed by atoms with Crippen LogP contribution in [0.3, 0.4) is 0 Å². The summed E-state index contributed by atoms with van der Waals surface area (Å²) in [7, 11) is -2.21. The van der Waals surface area contributed by atoms with E-state index in [0.29, 0.717) is 0 Å². The molecule has 0 aliphatic heterocycles. The van der Waals surface area contributed by atoms with Crippen molar-refractivity contribution in [3.63, 3.8) is 0 Å². The van der Waals surface area contributed by atoms with Crippen LogP contribution < -0.4 is 5.19 Å². The maximum atomic E-state index is 10.7. The van der Waals surface area contributed by atoms with Gasteiger partial charge in [0.2, 0.25) is 8.32 Å². The van der Waals surface area contributed by atoms with Crippen LogP contribution in [0.2, 0.25) is 17.1 Å². The van der Waals surface area contributed by atoms with E-state index in [1.165, 1.54) is 0 Å². The van der Waals surface area contributed by atoms with Crippen LogP contribution >= 0.6 is 11.6 Å². The van der Waals surface area contributed by atoms with E-state index < -0.39 is 8.32 Å². The van der Waals surface area contributed by atoms with Crippen molar-refractivity contribution in [3.05, 3.63) is 29.3 Å². The van der Waals surface area contributed by atoms with Crippen molar-refractivity contribution in [2.45, 2.75) is 38.8 Å². The number of hydrogen-bond acceptors (Lipinski definition) is 1. The summed E-state index contributed by atoms with van der Waals surface area (Å²) in [6.45, 7) is 4.26. The minimum Gasteiger partial charge on any atom is -0.427 e. The van der Waals surface area contributed by atoms with E-state index in [4.69, 9.17) is 11.6 Å². The number of benzene rings is 1. The molecule has 1 aromatic carbocycles. The molecule has 1 N–H and O–H groups in total. The summed E-state index contributed by atoms with van der Waals surface area (Å²) in [6, 6.07) is 9.62. The Balaban J connectivity index is 2.92. The lowest BCUT2D eigenvalue weighted by Gasteiger charge is -2.24. The highest BCUT2D eigenvalue weighted by Crippen LogP contribution is 2.17. The zero-order valence-corrected chi connectivity index (χ0v) is 11.2. The second kappa shape index (κ2) is 5.68. The van der Waals surface area contributed by atoms with Gasteiger partial charge >= 0.3 is 0 Å². The van der Waals surface area contributed by atoms with Gasteiger partial charge in [0.05, 0.1) is 0 Å². The molecule has 1 rings (SSSR count). The van der Waals surface area contributed by atoms with Crippen molar-refractivity contribution in [1.29, 1.82) is 0 Å². The van der Waals surface area contributed by atoms with E-state index in [-0.39, 0.29) is 0 Å². The van der Waals surface area contributed by atoms with Gasteiger partial charge in [0.1, 0.15) is 0 Å². The summed E-state index contributed by atoms with van der Waals surface area (Å²) in [5.41, 5.74) is 0. The Morgan fingerprint density at radius 3 is 1.93 bits per heavy atom. The number of halogens is 1. The monoisotopic (exact) mass is 242 g/mol. The average molecular weight is 243 g/mol. The average Bonchev–Trinajstić information content (AvgIpc) is 2.19. The Morgan fingerprint density at radius 1 is 1.07 bits per heavy atom. The van der Waals surface area contributed by atoms with Gasteiger partial charge in [-0.3, -0.25) is 0 Å². The van der Waals surface area contributed by atoms with Crippen molar-refractivity contribution in [2.75, 3.05) is 0 Å². The van der Waals surface area contributed by atoms with Crippen LogP contribution in [0.15, 0.2) is 24.3 Å². The third kappa shape index (κ3) is 3.33. The van der Waals surface area contributed by atoms with Crippen LogP contribution in [0.5, 0.6) is 0 Å². The number of hydrogen-bond donors (Lipinski definition) is 1. The van der Waals surface area contributed by atoms with E-state index in [9.17, 15) is 4.80 Å². The predicted molar refractivity (Wildman–Crippen MR) is 69.3 cm³/mol. The first kappa shape index (κ1) is 12.8. The normalized spacial score (nSPS) is 11.7. The molecule has 15 heavy (non-hydrogen) atoms. The quantitative estimate of drug-likeness (QED) is 0.786. The molecule has 84 valence electrons. The minimum atomic E-state index is -2.21. The zero-order chi connectivity index (χ0) is 11.3. The fourth-order valence-corrected chi connectivity index (χ4v) is 5.40. The summed E-state index contributed by atoms with van der Waals surface area (Å²) in [5.74, 6) is 0. The lowest BCUT2D eigenvalue weighted by molar-refractivity contribution is 0.540. The maximum Gasteiger partial charge on any atom is 0.220 e. The Hall–Kier alpha value is -0.313. The molecule has 0 aromatic heterocycles. The maximum absolute atomic E-state index is 10.7. The highest BCUT2D eigenvalue weighted by Gasteiger charge is 2.30. The van der Waals surface area contributed by atoms with Crippen molar-refractivity contribution in [3.8, 4) is 0 Å². The summed E-state index contributed by atoms with van der Waals surface area (Å²) in [5, 5.41) is 1.86. The van der Waals surface area contributed by atoms with E-state index >= 15 is 0 Å². The highest BCUT2D eigenvalue weighted by molar-refractivity contribution is 6.85. The molecule has 0 bridgehead atoms. The van der Waals surface area contributed by atoms with Crippen LogP contribution in [-0.4, -0.2) is 13.1 Å². The van der Waals surface area contributed by atoms with Gasteiger partial charge in [0, 0.05) is 5.02 Å². The summed E-state index contributed by atoms with van der Waals surface area (Å²) < 4.78 is 0. The molecular weight excluding hydrogens is 224 g/mol. The molecule has 0 saturated carbocycles. The molecule has 0 aliphatic rings. The standard InChI is InChI=1S/C12H19ClOSi/c1-3-9-15(14,10-4-2)12-7-5-11(13)6-8-12/h5-8,14H,3-4,9-10H2,1-2H3. The second-order valence-corrected chi connectivity index (χ2v) is 8.12. The molecule has 3 heteroatoms. The fraction of sp³-hybridized carbons (Fsp3) is 0.500. The van der Waals surface area contributed by atoms with Gasteiger partial charge in [0.15, 0.2) is 0 Å². The van der Waals surface area contributed by atoms with Crippen molar-refractivity contribution in [2.24, 2.45) is 0 Å². The molecule has 0 saturated heterocycles. The Kier molecular flexibility index (Phi) is 4.83. The largest absolute Gasteiger partial charge is 0.427 e. The molecule has 0 amide bonds. The molecule has 1 nitrogen and oxygen atoms in total. The lowest BCUT2D eigenvalue weighted by Crippen LogP contribution is -2.47. The molecule has 0 aliphatic carbocycles. The van der Waals surface area contributed by atoms with E-state index in [0.717, 1.165) is 35.1 Å². The predicted octanol–water partition coefficient (Wildman–Crippen LogP) is 3.30. The van der Waals surface area contributed by atoms with Crippen molar-refractivity contribution in [1.82, 2.24) is 0 Å². The zero-order valence-electron chi connectivity index (χ0n) is 9.46. The highest BCUT2D eigenvalue weighted by atomic mass is 35.5. The van der Waals surface area contributed by atoms with Crippen LogP contribution in [0.4, 0.5) is 0 Å². The third-order valence-electron chi connectivity index (χ3n) is 2.71. The smallest absolute Gasteiger partial charge is 0.220 e. The van der Waals surface area contributed by atoms with Gasteiger partial charge in [-0.2, -0.15) is 0 Å². The topological polar surface area (TPSA) is 20.2 Å². The fourth-order valence-electron chi connectivity index (χ4n) is 2.00. The van der Waals surface area contributed by atoms with Gasteiger partial charge < -0.3 is 4.80 Å². The SMILES string of the molecule is CCC[Si](O)(CCC)c1ccc(Cl)cc1. The first-order chi connectivity index (χ1) is 7.12. The van der Waals surface area contributed by atoms with Gasteiger partial charge in [-0.25, -0.2) is 0 Å². The molecule has 0 atom stereocenters. The molecule has 0 unspecified atom stereocenters. The molecule has 0 fully saturated rings. The van der Waals surface area contributed by atoms with Crippen LogP contribution in [0, 0.1) is 0 Å². The van der Waals surface area contributed by atoms with Crippen LogP contribution in [0.25, 0.3) is 0 Å². The summed E-state index contributed by atoms with van der Waals surface area (Å²) >= 11 is 5.85. The minimum absolute atomic E-state index is 0.739. The summed E-state index contributed by atoms with van der Waals surface area (Å²) in [4.78, 5) is 10.7. The first-order valence-electron chi connectivity index (χ1n) is 5.61. The Bertz CT molecular complexity index is 291. The van der Waals surface area contributed by atoms with Crippen LogP contribution in [-0.2, 0) is 0 Å². The Labute approximate surface area is 98.2 Å². The van der Waals surface area contributed by atoms with Gasteiger partial charge in [0.25, 0.3) is 0 Å². The van der Waals surface area contributed by atoms with Gasteiger partial charge in [-0.15, -0.1) is 0 Å².